The van der Waals surface area contributed by atoms with Gasteiger partial charge >= 0.3 is 6.18 Å². The highest BCUT2D eigenvalue weighted by Crippen LogP contribution is 2.38. The van der Waals surface area contributed by atoms with Gasteiger partial charge in [-0.3, -0.25) is 0 Å². The number of aromatic nitrogens is 3. The van der Waals surface area contributed by atoms with Crippen molar-refractivity contribution in [1.29, 1.82) is 0 Å². The molecular formula is C19H15Cl2F3N4. The Hall–Kier alpha value is -2.51. The zero-order valence-electron chi connectivity index (χ0n) is 14.6. The van der Waals surface area contributed by atoms with Gasteiger partial charge in [-0.05, 0) is 41.5 Å². The van der Waals surface area contributed by atoms with Gasteiger partial charge in [0.15, 0.2) is 0 Å². The van der Waals surface area contributed by atoms with Crippen molar-refractivity contribution in [2.45, 2.75) is 12.1 Å². The average Bonchev–Trinajstić information content (AvgIpc) is 3.14. The summed E-state index contributed by atoms with van der Waals surface area (Å²) in [6.07, 6.45) is 0.952. The molecule has 1 unspecified atom stereocenters. The smallest absolute Gasteiger partial charge is 0.386 e. The second-order valence-corrected chi connectivity index (χ2v) is 6.82. The molecule has 9 heteroatoms. The molecule has 2 aromatic carbocycles. The summed E-state index contributed by atoms with van der Waals surface area (Å²) < 4.78 is 42.4. The lowest BCUT2D eigenvalue weighted by Crippen LogP contribution is -2.18. The monoisotopic (exact) mass is 426 g/mol. The molecule has 1 N–H and O–H groups in total. The van der Waals surface area contributed by atoms with E-state index in [1.54, 1.807) is 29.9 Å². The number of rotatable bonds is 5. The summed E-state index contributed by atoms with van der Waals surface area (Å²) >= 11 is 11.7. The summed E-state index contributed by atoms with van der Waals surface area (Å²) in [6.45, 7) is 0. The van der Waals surface area contributed by atoms with Crippen LogP contribution in [-0.2, 0) is 0 Å². The van der Waals surface area contributed by atoms with E-state index in [1.165, 1.54) is 36.9 Å². The van der Waals surface area contributed by atoms with Crippen molar-refractivity contribution in [3.63, 3.8) is 0 Å². The highest BCUT2D eigenvalue weighted by Gasteiger charge is 2.39. The van der Waals surface area contributed by atoms with E-state index in [0.29, 0.717) is 11.3 Å². The topological polar surface area (TPSA) is 42.7 Å². The first-order chi connectivity index (χ1) is 13.3. The Morgan fingerprint density at radius 1 is 1.11 bits per heavy atom. The van der Waals surface area contributed by atoms with Crippen LogP contribution in [0, 0.1) is 0 Å². The van der Waals surface area contributed by atoms with Gasteiger partial charge < -0.3 is 5.32 Å². The maximum Gasteiger partial charge on any atom is 0.399 e. The Balaban J connectivity index is 1.95. The molecule has 1 atom stereocenters. The lowest BCUT2D eigenvalue weighted by molar-refractivity contribution is -0.139. The number of hydrogen-bond acceptors (Lipinski definition) is 3. The van der Waals surface area contributed by atoms with Gasteiger partial charge in [0.2, 0.25) is 0 Å². The van der Waals surface area contributed by atoms with Crippen LogP contribution in [0.5, 0.6) is 0 Å². The lowest BCUT2D eigenvalue weighted by atomic mass is 9.97. The fraction of sp³-hybridized carbons (Fsp3) is 0.158. The highest BCUT2D eigenvalue weighted by molar-refractivity contribution is 6.34. The second kappa shape index (κ2) is 8.24. The normalized spacial score (nSPS) is 13.1. The zero-order valence-corrected chi connectivity index (χ0v) is 16.1. The molecule has 1 heterocycles. The molecule has 3 rings (SSSR count). The average molecular weight is 427 g/mol. The number of alkyl halides is 3. The summed E-state index contributed by atoms with van der Waals surface area (Å²) in [6, 6.07) is 9.11. The Kier molecular flexibility index (Phi) is 5.96. The van der Waals surface area contributed by atoms with Gasteiger partial charge in [-0.25, -0.2) is 9.67 Å². The number of anilines is 1. The van der Waals surface area contributed by atoms with E-state index in [0.717, 1.165) is 11.8 Å². The Morgan fingerprint density at radius 2 is 1.82 bits per heavy atom. The van der Waals surface area contributed by atoms with Crippen molar-refractivity contribution in [3.05, 3.63) is 76.3 Å². The van der Waals surface area contributed by atoms with Crippen molar-refractivity contribution >= 4 is 35.0 Å². The molecule has 0 saturated heterocycles. The van der Waals surface area contributed by atoms with E-state index in [4.69, 9.17) is 23.2 Å². The Morgan fingerprint density at radius 3 is 2.39 bits per heavy atom. The summed E-state index contributed by atoms with van der Waals surface area (Å²) in [7, 11) is 1.72. The first-order valence-electron chi connectivity index (χ1n) is 8.15. The predicted octanol–water partition coefficient (Wildman–Crippen LogP) is 5.98. The molecule has 146 valence electrons. The molecule has 0 radical (unpaired) electrons. The summed E-state index contributed by atoms with van der Waals surface area (Å²) in [4.78, 5) is 3.89. The molecule has 4 nitrogen and oxygen atoms in total. The van der Waals surface area contributed by atoms with E-state index >= 15 is 0 Å². The van der Waals surface area contributed by atoms with Crippen molar-refractivity contribution < 1.29 is 13.2 Å². The lowest BCUT2D eigenvalue weighted by Gasteiger charge is -2.18. The van der Waals surface area contributed by atoms with E-state index in [1.807, 2.05) is 0 Å². The van der Waals surface area contributed by atoms with Crippen molar-refractivity contribution in [2.75, 3.05) is 12.4 Å². The molecule has 0 amide bonds. The maximum atomic E-state index is 13.6. The van der Waals surface area contributed by atoms with Gasteiger partial charge in [-0.2, -0.15) is 18.3 Å². The maximum absolute atomic E-state index is 13.6. The number of hydrogen-bond donors (Lipinski definition) is 1. The fourth-order valence-corrected chi connectivity index (χ4v) is 3.30. The number of nitrogens with one attached hydrogen (secondary N) is 1. The van der Waals surface area contributed by atoms with Crippen molar-refractivity contribution in [1.82, 2.24) is 14.8 Å². The SMILES string of the molecule is CNc1cc(/C=C/C(c2cc(Cl)cc(Cl)c2)C(F)(F)F)ccc1-n1cncn1. The van der Waals surface area contributed by atoms with E-state index in [9.17, 15) is 13.2 Å². The first-order valence-corrected chi connectivity index (χ1v) is 8.91. The van der Waals surface area contributed by atoms with Crippen LogP contribution in [0.1, 0.15) is 17.0 Å². The molecule has 0 saturated carbocycles. The molecule has 0 fully saturated rings. The summed E-state index contributed by atoms with van der Waals surface area (Å²) in [5.41, 5.74) is 2.00. The second-order valence-electron chi connectivity index (χ2n) is 5.95. The minimum Gasteiger partial charge on any atom is -0.386 e. The third-order valence-electron chi connectivity index (χ3n) is 4.03. The molecule has 0 aliphatic rings. The quantitative estimate of drug-likeness (QED) is 0.545. The minimum absolute atomic E-state index is 0.0191. The van der Waals surface area contributed by atoms with E-state index in [2.05, 4.69) is 15.4 Å². The summed E-state index contributed by atoms with van der Waals surface area (Å²) in [5.74, 6) is -1.84. The third kappa shape index (κ3) is 4.66. The van der Waals surface area contributed by atoms with Crippen LogP contribution in [0.4, 0.5) is 18.9 Å². The van der Waals surface area contributed by atoms with Crippen molar-refractivity contribution in [3.8, 4) is 5.69 Å². The summed E-state index contributed by atoms with van der Waals surface area (Å²) in [5, 5.41) is 7.38. The number of nitrogens with zero attached hydrogens (tertiary/aromatic N) is 3. The van der Waals surface area contributed by atoms with Crippen LogP contribution >= 0.6 is 23.2 Å². The number of halogens is 5. The van der Waals surface area contributed by atoms with Gasteiger partial charge in [0.1, 0.15) is 12.7 Å². The molecule has 28 heavy (non-hydrogen) atoms. The van der Waals surface area contributed by atoms with Gasteiger partial charge in [0.25, 0.3) is 0 Å². The van der Waals surface area contributed by atoms with Crippen LogP contribution < -0.4 is 5.32 Å². The Bertz CT molecular complexity index is 965. The number of benzene rings is 2. The predicted molar refractivity (Wildman–Crippen MR) is 105 cm³/mol. The molecule has 0 spiro atoms. The Labute approximate surface area is 169 Å². The third-order valence-corrected chi connectivity index (χ3v) is 4.47. The standard InChI is InChI=1S/C19H15Cl2F3N4/c1-25-17-6-12(3-5-18(17)28-11-26-10-27-28)2-4-16(19(22,23)24)13-7-14(20)9-15(21)8-13/h2-11,16,25H,1H3/b4-2+. The molecular weight excluding hydrogens is 412 g/mol. The fourth-order valence-electron chi connectivity index (χ4n) is 2.76. The van der Waals surface area contributed by atoms with Crippen LogP contribution in [-0.4, -0.2) is 28.0 Å². The molecule has 0 aliphatic heterocycles. The van der Waals surface area contributed by atoms with Crippen LogP contribution in [0.2, 0.25) is 10.0 Å². The van der Waals surface area contributed by atoms with Gasteiger partial charge in [-0.1, -0.05) is 41.4 Å². The van der Waals surface area contributed by atoms with E-state index in [-0.39, 0.29) is 15.6 Å². The number of allylic oxidation sites excluding steroid dienone is 1. The van der Waals surface area contributed by atoms with Crippen LogP contribution in [0.15, 0.2) is 55.1 Å². The van der Waals surface area contributed by atoms with Crippen LogP contribution in [0.25, 0.3) is 11.8 Å². The molecule has 0 aliphatic carbocycles. The molecule has 3 aromatic rings. The van der Waals surface area contributed by atoms with Gasteiger partial charge in [-0.15, -0.1) is 0 Å². The van der Waals surface area contributed by atoms with Gasteiger partial charge in [0.05, 0.1) is 17.3 Å². The molecule has 0 bridgehead atoms. The van der Waals surface area contributed by atoms with Crippen LogP contribution in [0.3, 0.4) is 0 Å². The van der Waals surface area contributed by atoms with Gasteiger partial charge in [0, 0.05) is 17.1 Å². The van der Waals surface area contributed by atoms with E-state index < -0.39 is 12.1 Å². The highest BCUT2D eigenvalue weighted by atomic mass is 35.5. The largest absolute Gasteiger partial charge is 0.399 e. The zero-order chi connectivity index (χ0) is 20.3. The van der Waals surface area contributed by atoms with Crippen molar-refractivity contribution in [2.24, 2.45) is 0 Å². The first kappa shape index (κ1) is 20.2. The minimum atomic E-state index is -4.49. The molecule has 1 aromatic heterocycles.